The van der Waals surface area contributed by atoms with E-state index >= 15 is 0 Å². The number of carboxylic acid groups (broad SMARTS) is 1. The van der Waals surface area contributed by atoms with Gasteiger partial charge >= 0.3 is 12.0 Å². The summed E-state index contributed by atoms with van der Waals surface area (Å²) in [4.78, 5) is 26.2. The van der Waals surface area contributed by atoms with E-state index in [1.54, 1.807) is 24.5 Å². The number of carbonyl (C=O) groups excluding carboxylic acids is 1. The van der Waals surface area contributed by atoms with Crippen LogP contribution in [0.2, 0.25) is 0 Å². The minimum atomic E-state index is -1.12. The molecule has 2 unspecified atom stereocenters. The first-order valence-corrected chi connectivity index (χ1v) is 5.74. The van der Waals surface area contributed by atoms with Crippen LogP contribution in [0, 0.1) is 0 Å². The van der Waals surface area contributed by atoms with Gasteiger partial charge in [0.05, 0.1) is 12.6 Å². The number of nitrogens with zero attached hydrogens (tertiary/aromatic N) is 1. The number of rotatable bonds is 6. The Kier molecular flexibility index (Phi) is 5.74. The van der Waals surface area contributed by atoms with Crippen molar-refractivity contribution in [1.82, 2.24) is 15.6 Å². The molecule has 0 aliphatic rings. The fourth-order valence-electron chi connectivity index (χ4n) is 1.44. The Balaban J connectivity index is 2.41. The second kappa shape index (κ2) is 7.32. The molecule has 0 aromatic carbocycles. The molecular formula is C12H17N3O4. The highest BCUT2D eigenvalue weighted by Crippen LogP contribution is 2.09. The van der Waals surface area contributed by atoms with E-state index in [1.165, 1.54) is 7.11 Å². The zero-order chi connectivity index (χ0) is 14.3. The average molecular weight is 267 g/mol. The lowest BCUT2D eigenvalue weighted by atomic mass is 10.1. The lowest BCUT2D eigenvalue weighted by molar-refractivity contribution is -0.147. The number of aliphatic carboxylic acids is 1. The predicted molar refractivity (Wildman–Crippen MR) is 67.6 cm³/mol. The van der Waals surface area contributed by atoms with Gasteiger partial charge in [0.1, 0.15) is 0 Å². The average Bonchev–Trinajstić information content (AvgIpc) is 2.40. The van der Waals surface area contributed by atoms with Crippen LogP contribution in [0.15, 0.2) is 24.5 Å². The number of urea groups is 1. The van der Waals surface area contributed by atoms with Crippen LogP contribution in [0.4, 0.5) is 4.79 Å². The number of pyridine rings is 1. The number of hydrogen-bond donors (Lipinski definition) is 3. The standard InChI is InChI=1S/C12H17N3O4/c1-8(9-3-5-13-6-4-9)15-12(18)14-7-10(19-2)11(16)17/h3-6,8,10H,7H2,1-2H3,(H,16,17)(H2,14,15,18). The van der Waals surface area contributed by atoms with Crippen molar-refractivity contribution in [3.63, 3.8) is 0 Å². The highest BCUT2D eigenvalue weighted by molar-refractivity contribution is 5.77. The van der Waals surface area contributed by atoms with E-state index in [1.807, 2.05) is 6.92 Å². The molecule has 1 aromatic rings. The fraction of sp³-hybridized carbons (Fsp3) is 0.417. The van der Waals surface area contributed by atoms with E-state index in [9.17, 15) is 9.59 Å². The van der Waals surface area contributed by atoms with Crippen molar-refractivity contribution in [2.75, 3.05) is 13.7 Å². The Hall–Kier alpha value is -2.15. The normalized spacial score (nSPS) is 13.4. The molecule has 7 heteroatoms. The second-order valence-corrected chi connectivity index (χ2v) is 3.92. The van der Waals surface area contributed by atoms with Crippen LogP contribution in [0.25, 0.3) is 0 Å². The molecule has 19 heavy (non-hydrogen) atoms. The summed E-state index contributed by atoms with van der Waals surface area (Å²) in [5.74, 6) is -1.12. The predicted octanol–water partition coefficient (Wildman–Crippen LogP) is 0.541. The minimum absolute atomic E-state index is 0.0965. The molecule has 1 aromatic heterocycles. The van der Waals surface area contributed by atoms with E-state index in [0.29, 0.717) is 0 Å². The molecule has 0 fully saturated rings. The number of ether oxygens (including phenoxy) is 1. The lowest BCUT2D eigenvalue weighted by Crippen LogP contribution is -2.43. The van der Waals surface area contributed by atoms with Gasteiger partial charge in [-0.1, -0.05) is 0 Å². The Morgan fingerprint density at radius 2 is 2.05 bits per heavy atom. The summed E-state index contributed by atoms with van der Waals surface area (Å²) >= 11 is 0. The van der Waals surface area contributed by atoms with Crippen LogP contribution in [0.1, 0.15) is 18.5 Å². The topological polar surface area (TPSA) is 101 Å². The molecule has 0 bridgehead atoms. The summed E-state index contributed by atoms with van der Waals surface area (Å²) in [7, 11) is 1.28. The number of amides is 2. The quantitative estimate of drug-likeness (QED) is 0.698. The van der Waals surface area contributed by atoms with Gasteiger partial charge in [0.15, 0.2) is 6.10 Å². The largest absolute Gasteiger partial charge is 0.479 e. The molecule has 0 aliphatic heterocycles. The van der Waals surface area contributed by atoms with Crippen LogP contribution in [0.3, 0.4) is 0 Å². The van der Waals surface area contributed by atoms with Gasteiger partial charge in [-0.3, -0.25) is 4.98 Å². The monoisotopic (exact) mass is 267 g/mol. The molecule has 2 atom stereocenters. The minimum Gasteiger partial charge on any atom is -0.479 e. The summed E-state index contributed by atoms with van der Waals surface area (Å²) in [5.41, 5.74) is 0.909. The molecule has 0 saturated heterocycles. The zero-order valence-electron chi connectivity index (χ0n) is 10.8. The third-order valence-electron chi connectivity index (χ3n) is 2.56. The van der Waals surface area contributed by atoms with Crippen LogP contribution < -0.4 is 10.6 Å². The first-order chi connectivity index (χ1) is 9.04. The molecule has 7 nitrogen and oxygen atoms in total. The maximum absolute atomic E-state index is 11.6. The summed E-state index contributed by atoms with van der Waals surface area (Å²) in [6, 6.07) is 2.93. The lowest BCUT2D eigenvalue weighted by Gasteiger charge is -2.16. The molecule has 2 amide bonds. The van der Waals surface area contributed by atoms with Gasteiger partial charge in [0.2, 0.25) is 0 Å². The van der Waals surface area contributed by atoms with Gasteiger partial charge in [-0.05, 0) is 24.6 Å². The van der Waals surface area contributed by atoms with Crippen molar-refractivity contribution in [3.05, 3.63) is 30.1 Å². The Bertz CT molecular complexity index is 424. The highest BCUT2D eigenvalue weighted by atomic mass is 16.5. The number of aromatic nitrogens is 1. The molecule has 0 radical (unpaired) electrons. The maximum atomic E-state index is 11.6. The van der Waals surface area contributed by atoms with Crippen LogP contribution in [-0.4, -0.2) is 41.8 Å². The molecule has 1 rings (SSSR count). The molecule has 104 valence electrons. The maximum Gasteiger partial charge on any atom is 0.334 e. The van der Waals surface area contributed by atoms with E-state index in [4.69, 9.17) is 9.84 Å². The summed E-state index contributed by atoms with van der Waals surface area (Å²) in [5, 5.41) is 13.9. The Labute approximate surface area is 111 Å². The fourth-order valence-corrected chi connectivity index (χ4v) is 1.44. The van der Waals surface area contributed by atoms with Gasteiger partial charge in [0, 0.05) is 19.5 Å². The SMILES string of the molecule is COC(CNC(=O)NC(C)c1ccncc1)C(=O)O. The Morgan fingerprint density at radius 1 is 1.42 bits per heavy atom. The van der Waals surface area contributed by atoms with Crippen molar-refractivity contribution in [1.29, 1.82) is 0 Å². The molecule has 0 spiro atoms. The first kappa shape index (κ1) is 14.9. The van der Waals surface area contributed by atoms with E-state index in [-0.39, 0.29) is 12.6 Å². The van der Waals surface area contributed by atoms with Crippen LogP contribution in [0.5, 0.6) is 0 Å². The summed E-state index contributed by atoms with van der Waals surface area (Å²) in [6.07, 6.45) is 2.22. The van der Waals surface area contributed by atoms with Gasteiger partial charge in [-0.15, -0.1) is 0 Å². The second-order valence-electron chi connectivity index (χ2n) is 3.92. The van der Waals surface area contributed by atoms with Crippen LogP contribution >= 0.6 is 0 Å². The molecule has 3 N–H and O–H groups in total. The van der Waals surface area contributed by atoms with Gasteiger partial charge in [-0.25, -0.2) is 9.59 Å². The number of nitrogens with one attached hydrogen (secondary N) is 2. The number of methoxy groups -OCH3 is 1. The third-order valence-corrected chi connectivity index (χ3v) is 2.56. The van der Waals surface area contributed by atoms with Crippen molar-refractivity contribution in [2.24, 2.45) is 0 Å². The van der Waals surface area contributed by atoms with Gasteiger partial charge < -0.3 is 20.5 Å². The summed E-state index contributed by atoms with van der Waals surface area (Å²) in [6.45, 7) is 1.72. The first-order valence-electron chi connectivity index (χ1n) is 5.74. The van der Waals surface area contributed by atoms with Crippen LogP contribution in [-0.2, 0) is 9.53 Å². The van der Waals surface area contributed by atoms with Gasteiger partial charge in [-0.2, -0.15) is 0 Å². The van der Waals surface area contributed by atoms with Gasteiger partial charge in [0.25, 0.3) is 0 Å². The number of carbonyl (C=O) groups is 2. The molecule has 1 heterocycles. The molecule has 0 aliphatic carbocycles. The number of hydrogen-bond acceptors (Lipinski definition) is 4. The summed E-state index contributed by atoms with van der Waals surface area (Å²) < 4.78 is 4.70. The smallest absolute Gasteiger partial charge is 0.334 e. The van der Waals surface area contributed by atoms with E-state index < -0.39 is 18.1 Å². The van der Waals surface area contributed by atoms with Crippen molar-refractivity contribution in [2.45, 2.75) is 19.1 Å². The van der Waals surface area contributed by atoms with Crippen molar-refractivity contribution >= 4 is 12.0 Å². The zero-order valence-corrected chi connectivity index (χ0v) is 10.8. The van der Waals surface area contributed by atoms with Crippen molar-refractivity contribution < 1.29 is 19.4 Å². The van der Waals surface area contributed by atoms with E-state index in [0.717, 1.165) is 5.56 Å². The van der Waals surface area contributed by atoms with E-state index in [2.05, 4.69) is 15.6 Å². The highest BCUT2D eigenvalue weighted by Gasteiger charge is 2.17. The number of carboxylic acids is 1. The van der Waals surface area contributed by atoms with Crippen molar-refractivity contribution in [3.8, 4) is 0 Å². The Morgan fingerprint density at radius 3 is 2.58 bits per heavy atom. The third kappa shape index (κ3) is 4.92. The molecule has 0 saturated carbocycles. The molecular weight excluding hydrogens is 250 g/mol.